The van der Waals surface area contributed by atoms with Crippen LogP contribution in [0.5, 0.6) is 0 Å². The molecule has 0 saturated heterocycles. The van der Waals surface area contributed by atoms with Crippen molar-refractivity contribution in [3.63, 3.8) is 0 Å². The molecule has 2 rings (SSSR count). The van der Waals surface area contributed by atoms with E-state index in [1.54, 1.807) is 10.5 Å². The third-order valence-electron chi connectivity index (χ3n) is 2.07. The molecule has 14 heavy (non-hydrogen) atoms. The zero-order valence-corrected chi connectivity index (χ0v) is 8.45. The molecule has 0 spiro atoms. The molecule has 0 aliphatic carbocycles. The van der Waals surface area contributed by atoms with Gasteiger partial charge < -0.3 is 0 Å². The number of fused-ring (bicyclic) bond motifs is 1. The van der Waals surface area contributed by atoms with Gasteiger partial charge in [0.2, 0.25) is 0 Å². The summed E-state index contributed by atoms with van der Waals surface area (Å²) in [5.41, 5.74) is 2.06. The average Bonchev–Trinajstić information content (AvgIpc) is 2.17. The molecule has 0 fully saturated rings. The Morgan fingerprint density at radius 1 is 1.50 bits per heavy atom. The first-order chi connectivity index (χ1) is 6.72. The highest BCUT2D eigenvalue weighted by atomic mass is 35.5. The number of aromatic nitrogens is 2. The van der Waals surface area contributed by atoms with E-state index in [1.165, 1.54) is 6.07 Å². The molecule has 72 valence electrons. The van der Waals surface area contributed by atoms with Crippen LogP contribution in [0.3, 0.4) is 0 Å². The zero-order valence-electron chi connectivity index (χ0n) is 7.70. The Morgan fingerprint density at radius 3 is 3.00 bits per heavy atom. The van der Waals surface area contributed by atoms with E-state index >= 15 is 0 Å². The Kier molecular flexibility index (Phi) is 2.25. The molecule has 0 amide bonds. The number of aryl methyl sites for hydroxylation is 1. The van der Waals surface area contributed by atoms with Gasteiger partial charge in [-0.15, -0.1) is 11.6 Å². The maximum atomic E-state index is 11.6. The highest BCUT2D eigenvalue weighted by Gasteiger charge is 2.02. The predicted molar refractivity (Wildman–Crippen MR) is 55.8 cm³/mol. The lowest BCUT2D eigenvalue weighted by atomic mass is 10.3. The second-order valence-electron chi connectivity index (χ2n) is 3.08. The molecule has 4 heteroatoms. The van der Waals surface area contributed by atoms with Crippen molar-refractivity contribution in [3.8, 4) is 0 Å². The summed E-state index contributed by atoms with van der Waals surface area (Å²) in [6, 6.07) is 7.00. The molecule has 2 aromatic heterocycles. The number of nitrogens with zero attached hydrogens (tertiary/aromatic N) is 2. The third-order valence-corrected chi connectivity index (χ3v) is 2.34. The summed E-state index contributed by atoms with van der Waals surface area (Å²) in [5.74, 6) is 0.264. The van der Waals surface area contributed by atoms with E-state index in [0.29, 0.717) is 11.3 Å². The van der Waals surface area contributed by atoms with E-state index in [9.17, 15) is 4.79 Å². The minimum Gasteiger partial charge on any atom is -0.269 e. The van der Waals surface area contributed by atoms with Gasteiger partial charge in [-0.1, -0.05) is 6.07 Å². The number of pyridine rings is 1. The number of hydrogen-bond donors (Lipinski definition) is 0. The van der Waals surface area contributed by atoms with Crippen molar-refractivity contribution in [1.82, 2.24) is 9.38 Å². The Balaban J connectivity index is 2.90. The first kappa shape index (κ1) is 9.21. The van der Waals surface area contributed by atoms with Crippen molar-refractivity contribution in [2.75, 3.05) is 0 Å². The van der Waals surface area contributed by atoms with Crippen LogP contribution >= 0.6 is 11.6 Å². The summed E-state index contributed by atoms with van der Waals surface area (Å²) in [4.78, 5) is 15.9. The maximum absolute atomic E-state index is 11.6. The van der Waals surface area contributed by atoms with Crippen LogP contribution in [0.25, 0.3) is 5.65 Å². The van der Waals surface area contributed by atoms with Crippen molar-refractivity contribution < 1.29 is 0 Å². The van der Waals surface area contributed by atoms with Crippen LogP contribution < -0.4 is 5.56 Å². The second kappa shape index (κ2) is 3.42. The van der Waals surface area contributed by atoms with Crippen LogP contribution in [0.2, 0.25) is 0 Å². The largest absolute Gasteiger partial charge is 0.269 e. The molecule has 0 aliphatic heterocycles. The first-order valence-electron chi connectivity index (χ1n) is 4.26. The molecule has 0 saturated carbocycles. The Hall–Kier alpha value is -1.35. The van der Waals surface area contributed by atoms with Gasteiger partial charge in [-0.3, -0.25) is 9.20 Å². The van der Waals surface area contributed by atoms with Gasteiger partial charge in [0.25, 0.3) is 5.56 Å². The molecule has 0 unspecified atom stereocenters. The minimum atomic E-state index is -0.0799. The quantitative estimate of drug-likeness (QED) is 0.669. The molecule has 0 N–H and O–H groups in total. The van der Waals surface area contributed by atoms with E-state index < -0.39 is 0 Å². The number of hydrogen-bond acceptors (Lipinski definition) is 2. The van der Waals surface area contributed by atoms with Crippen LogP contribution in [0.1, 0.15) is 11.4 Å². The standard InChI is InChI=1S/C10H9ClN2O/c1-7-3-2-4-9-12-8(6-11)5-10(14)13(7)9/h2-5H,6H2,1H3. The lowest BCUT2D eigenvalue weighted by Gasteiger charge is -2.04. The van der Waals surface area contributed by atoms with Gasteiger partial charge in [0.15, 0.2) is 0 Å². The van der Waals surface area contributed by atoms with E-state index in [0.717, 1.165) is 5.69 Å². The monoisotopic (exact) mass is 208 g/mol. The van der Waals surface area contributed by atoms with Crippen molar-refractivity contribution in [2.24, 2.45) is 0 Å². The second-order valence-corrected chi connectivity index (χ2v) is 3.35. The third kappa shape index (κ3) is 1.40. The summed E-state index contributed by atoms with van der Waals surface area (Å²) < 4.78 is 1.57. The smallest absolute Gasteiger partial charge is 0.258 e. The van der Waals surface area contributed by atoms with Crippen LogP contribution in [-0.2, 0) is 5.88 Å². The van der Waals surface area contributed by atoms with Crippen LogP contribution in [-0.4, -0.2) is 9.38 Å². The molecule has 0 radical (unpaired) electrons. The molecule has 2 heterocycles. The Bertz CT molecular complexity index is 533. The normalized spacial score (nSPS) is 10.7. The molecule has 0 aromatic carbocycles. The molecule has 0 bridgehead atoms. The highest BCUT2D eigenvalue weighted by Crippen LogP contribution is 2.04. The van der Waals surface area contributed by atoms with Gasteiger partial charge in [-0.25, -0.2) is 4.98 Å². The molecule has 0 atom stereocenters. The lowest BCUT2D eigenvalue weighted by molar-refractivity contribution is 0.967. The van der Waals surface area contributed by atoms with E-state index in [-0.39, 0.29) is 11.4 Å². The van der Waals surface area contributed by atoms with Crippen molar-refractivity contribution >= 4 is 17.2 Å². The Morgan fingerprint density at radius 2 is 2.29 bits per heavy atom. The zero-order chi connectivity index (χ0) is 10.1. The molecule has 0 aliphatic rings. The fourth-order valence-electron chi connectivity index (χ4n) is 1.43. The summed E-state index contributed by atoms with van der Waals surface area (Å²) in [7, 11) is 0. The van der Waals surface area contributed by atoms with Crippen molar-refractivity contribution in [1.29, 1.82) is 0 Å². The van der Waals surface area contributed by atoms with Gasteiger partial charge in [-0.05, 0) is 19.1 Å². The number of alkyl halides is 1. The molecule has 3 nitrogen and oxygen atoms in total. The minimum absolute atomic E-state index is 0.0799. The molecular formula is C10H9ClN2O. The first-order valence-corrected chi connectivity index (χ1v) is 4.80. The number of halogens is 1. The van der Waals surface area contributed by atoms with Gasteiger partial charge >= 0.3 is 0 Å². The summed E-state index contributed by atoms with van der Waals surface area (Å²) >= 11 is 5.63. The summed E-state index contributed by atoms with van der Waals surface area (Å²) in [5, 5.41) is 0. The van der Waals surface area contributed by atoms with Gasteiger partial charge in [0.1, 0.15) is 5.65 Å². The van der Waals surface area contributed by atoms with Crippen LogP contribution in [0.4, 0.5) is 0 Å². The van der Waals surface area contributed by atoms with Gasteiger partial charge in [0, 0.05) is 11.8 Å². The van der Waals surface area contributed by atoms with Crippen molar-refractivity contribution in [3.05, 3.63) is 46.0 Å². The topological polar surface area (TPSA) is 34.4 Å². The van der Waals surface area contributed by atoms with E-state index in [1.807, 2.05) is 19.1 Å². The Labute approximate surface area is 86.0 Å². The van der Waals surface area contributed by atoms with Crippen molar-refractivity contribution in [2.45, 2.75) is 12.8 Å². The highest BCUT2D eigenvalue weighted by molar-refractivity contribution is 6.16. The van der Waals surface area contributed by atoms with E-state index in [2.05, 4.69) is 4.98 Å². The predicted octanol–water partition coefficient (Wildman–Crippen LogP) is 1.74. The van der Waals surface area contributed by atoms with Gasteiger partial charge in [-0.2, -0.15) is 0 Å². The van der Waals surface area contributed by atoms with Crippen LogP contribution in [0.15, 0.2) is 29.1 Å². The summed E-state index contributed by atoms with van der Waals surface area (Å²) in [6.45, 7) is 1.87. The van der Waals surface area contributed by atoms with Crippen LogP contribution in [0, 0.1) is 6.92 Å². The molecular weight excluding hydrogens is 200 g/mol. The SMILES string of the molecule is Cc1cccc2nc(CCl)cc(=O)n12. The summed E-state index contributed by atoms with van der Waals surface area (Å²) in [6.07, 6.45) is 0. The lowest BCUT2D eigenvalue weighted by Crippen LogP contribution is -2.17. The number of rotatable bonds is 1. The van der Waals surface area contributed by atoms with Gasteiger partial charge in [0.05, 0.1) is 11.6 Å². The molecule has 2 aromatic rings. The fraction of sp³-hybridized carbons (Fsp3) is 0.200. The van der Waals surface area contributed by atoms with E-state index in [4.69, 9.17) is 11.6 Å². The average molecular weight is 209 g/mol. The fourth-order valence-corrected chi connectivity index (χ4v) is 1.57. The maximum Gasteiger partial charge on any atom is 0.258 e.